The van der Waals surface area contributed by atoms with Crippen molar-refractivity contribution >= 4 is 27.5 Å². The maximum atomic E-state index is 13.3. The largest absolute Gasteiger partial charge is 0.497 e. The summed E-state index contributed by atoms with van der Waals surface area (Å²) < 4.78 is 31.7. The SMILES string of the molecule is CCCNC(=O)[C@H](C)N(Cc1cccc(OC)c1)C(=O)CCCN(c1cc(C)cc(C)c1)S(C)(=O)=O. The summed E-state index contributed by atoms with van der Waals surface area (Å²) in [4.78, 5) is 27.6. The summed E-state index contributed by atoms with van der Waals surface area (Å²) >= 11 is 0. The summed E-state index contributed by atoms with van der Waals surface area (Å²) in [5, 5.41) is 2.86. The second kappa shape index (κ2) is 13.3. The Morgan fingerprint density at radius 3 is 2.33 bits per heavy atom. The Labute approximate surface area is 215 Å². The van der Waals surface area contributed by atoms with Gasteiger partial charge in [0.05, 0.1) is 19.1 Å². The van der Waals surface area contributed by atoms with E-state index in [2.05, 4.69) is 5.32 Å². The molecule has 0 aromatic heterocycles. The van der Waals surface area contributed by atoms with Gasteiger partial charge in [-0.3, -0.25) is 13.9 Å². The van der Waals surface area contributed by atoms with Crippen molar-refractivity contribution in [2.75, 3.05) is 30.8 Å². The van der Waals surface area contributed by atoms with Gasteiger partial charge in [-0.15, -0.1) is 0 Å². The van der Waals surface area contributed by atoms with Crippen molar-refractivity contribution in [3.63, 3.8) is 0 Å². The van der Waals surface area contributed by atoms with Crippen LogP contribution in [-0.4, -0.2) is 57.6 Å². The minimum Gasteiger partial charge on any atom is -0.497 e. The number of hydrogen-bond donors (Lipinski definition) is 1. The number of benzene rings is 2. The summed E-state index contributed by atoms with van der Waals surface area (Å²) in [7, 11) is -1.96. The monoisotopic (exact) mass is 517 g/mol. The quantitative estimate of drug-likeness (QED) is 0.436. The summed E-state index contributed by atoms with van der Waals surface area (Å²) in [5.41, 5.74) is 3.35. The Bertz CT molecular complexity index is 1130. The van der Waals surface area contributed by atoms with Gasteiger partial charge in [-0.05, 0) is 74.6 Å². The first-order valence-corrected chi connectivity index (χ1v) is 14.1. The zero-order valence-electron chi connectivity index (χ0n) is 22.2. The minimum absolute atomic E-state index is 0.103. The molecule has 2 rings (SSSR count). The van der Waals surface area contributed by atoms with Crippen LogP contribution in [0.5, 0.6) is 5.75 Å². The molecule has 0 heterocycles. The number of anilines is 1. The molecule has 0 fully saturated rings. The molecular formula is C27H39N3O5S. The van der Waals surface area contributed by atoms with Gasteiger partial charge in [-0.25, -0.2) is 8.42 Å². The molecular weight excluding hydrogens is 478 g/mol. The van der Waals surface area contributed by atoms with Gasteiger partial charge in [0.2, 0.25) is 21.8 Å². The molecule has 0 aliphatic carbocycles. The first-order chi connectivity index (χ1) is 17.0. The lowest BCUT2D eigenvalue weighted by atomic mass is 10.1. The van der Waals surface area contributed by atoms with Crippen molar-refractivity contribution in [1.29, 1.82) is 0 Å². The third kappa shape index (κ3) is 8.55. The number of sulfonamides is 1. The Kier molecular flexibility index (Phi) is 10.8. The normalized spacial score (nSPS) is 12.1. The number of hydrogen-bond acceptors (Lipinski definition) is 5. The molecule has 2 amide bonds. The molecule has 8 nitrogen and oxygen atoms in total. The Balaban J connectivity index is 2.20. The second-order valence-electron chi connectivity index (χ2n) is 9.12. The van der Waals surface area contributed by atoms with Gasteiger partial charge in [0.1, 0.15) is 11.8 Å². The standard InChI is InChI=1S/C27H39N3O5S/c1-7-13-28-27(32)22(4)29(19-23-10-8-11-25(18-23)35-5)26(31)12-9-14-30(36(6,33)34)24-16-20(2)15-21(3)17-24/h8,10-11,15-18,22H,7,9,12-14,19H2,1-6H3,(H,28,32)/t22-/m0/s1. The zero-order chi connectivity index (χ0) is 26.9. The third-order valence-electron chi connectivity index (χ3n) is 5.85. The molecule has 1 atom stereocenters. The summed E-state index contributed by atoms with van der Waals surface area (Å²) in [6.45, 7) is 8.45. The van der Waals surface area contributed by atoms with Crippen molar-refractivity contribution < 1.29 is 22.7 Å². The number of aryl methyl sites for hydroxylation is 2. The molecule has 0 unspecified atom stereocenters. The van der Waals surface area contributed by atoms with Crippen LogP contribution in [0.1, 0.15) is 49.8 Å². The van der Waals surface area contributed by atoms with E-state index in [1.54, 1.807) is 18.9 Å². The van der Waals surface area contributed by atoms with Crippen LogP contribution in [0, 0.1) is 13.8 Å². The van der Waals surface area contributed by atoms with Gasteiger partial charge in [-0.2, -0.15) is 0 Å². The summed E-state index contributed by atoms with van der Waals surface area (Å²) in [5.74, 6) is 0.229. The Hall–Kier alpha value is -3.07. The van der Waals surface area contributed by atoms with E-state index in [0.29, 0.717) is 24.4 Å². The van der Waals surface area contributed by atoms with Gasteiger partial charge in [0, 0.05) is 26.1 Å². The molecule has 198 valence electrons. The molecule has 0 spiro atoms. The number of ether oxygens (including phenoxy) is 1. The van der Waals surface area contributed by atoms with Gasteiger partial charge < -0.3 is 15.0 Å². The third-order valence-corrected chi connectivity index (χ3v) is 7.04. The first-order valence-electron chi connectivity index (χ1n) is 12.2. The van der Waals surface area contributed by atoms with Gasteiger partial charge in [0.25, 0.3) is 0 Å². The molecule has 0 aliphatic rings. The molecule has 36 heavy (non-hydrogen) atoms. The van der Waals surface area contributed by atoms with Crippen LogP contribution in [0.4, 0.5) is 5.69 Å². The summed E-state index contributed by atoms with van der Waals surface area (Å²) in [6, 6.07) is 12.3. The average molecular weight is 518 g/mol. The number of rotatable bonds is 13. The van der Waals surface area contributed by atoms with Crippen LogP contribution in [0.25, 0.3) is 0 Å². The van der Waals surface area contributed by atoms with E-state index in [-0.39, 0.29) is 31.3 Å². The van der Waals surface area contributed by atoms with E-state index in [1.807, 2.05) is 63.2 Å². The van der Waals surface area contributed by atoms with Crippen LogP contribution >= 0.6 is 0 Å². The second-order valence-corrected chi connectivity index (χ2v) is 11.0. The number of nitrogens with zero attached hydrogens (tertiary/aromatic N) is 2. The van der Waals surface area contributed by atoms with E-state index in [1.165, 1.54) is 10.6 Å². The van der Waals surface area contributed by atoms with Crippen LogP contribution in [0.15, 0.2) is 42.5 Å². The fourth-order valence-electron chi connectivity index (χ4n) is 4.04. The highest BCUT2D eigenvalue weighted by molar-refractivity contribution is 7.92. The predicted octanol–water partition coefficient (Wildman–Crippen LogP) is 3.80. The highest BCUT2D eigenvalue weighted by Gasteiger charge is 2.26. The number of carbonyl (C=O) groups excluding carboxylic acids is 2. The molecule has 0 aliphatic heterocycles. The topological polar surface area (TPSA) is 96.0 Å². The van der Waals surface area contributed by atoms with Crippen molar-refractivity contribution in [3.8, 4) is 5.75 Å². The van der Waals surface area contributed by atoms with E-state index < -0.39 is 16.1 Å². The number of amides is 2. The van der Waals surface area contributed by atoms with Crippen LogP contribution in [0.3, 0.4) is 0 Å². The molecule has 0 saturated carbocycles. The van der Waals surface area contributed by atoms with E-state index >= 15 is 0 Å². The molecule has 0 saturated heterocycles. The van der Waals surface area contributed by atoms with Crippen molar-refractivity contribution in [1.82, 2.24) is 10.2 Å². The molecule has 2 aromatic rings. The lowest BCUT2D eigenvalue weighted by Gasteiger charge is -2.29. The highest BCUT2D eigenvalue weighted by Crippen LogP contribution is 2.22. The van der Waals surface area contributed by atoms with Crippen LogP contribution in [0.2, 0.25) is 0 Å². The maximum absolute atomic E-state index is 13.3. The number of methoxy groups -OCH3 is 1. The van der Waals surface area contributed by atoms with Gasteiger partial charge in [-0.1, -0.05) is 25.1 Å². The van der Waals surface area contributed by atoms with Crippen LogP contribution in [-0.2, 0) is 26.2 Å². The maximum Gasteiger partial charge on any atom is 0.242 e. The Morgan fingerprint density at radius 2 is 1.75 bits per heavy atom. The van der Waals surface area contributed by atoms with Crippen LogP contribution < -0.4 is 14.4 Å². The molecule has 0 radical (unpaired) electrons. The average Bonchev–Trinajstić information content (AvgIpc) is 2.81. The predicted molar refractivity (Wildman–Crippen MR) is 144 cm³/mol. The first kappa shape index (κ1) is 29.2. The van der Waals surface area contributed by atoms with E-state index in [9.17, 15) is 18.0 Å². The van der Waals surface area contributed by atoms with Gasteiger partial charge >= 0.3 is 0 Å². The van der Waals surface area contributed by atoms with E-state index in [4.69, 9.17) is 4.74 Å². The number of carbonyl (C=O) groups is 2. The van der Waals surface area contributed by atoms with Crippen molar-refractivity contribution in [3.05, 3.63) is 59.2 Å². The zero-order valence-corrected chi connectivity index (χ0v) is 23.0. The van der Waals surface area contributed by atoms with E-state index in [0.717, 1.165) is 23.1 Å². The fraction of sp³-hybridized carbons (Fsp3) is 0.481. The van der Waals surface area contributed by atoms with Crippen molar-refractivity contribution in [2.45, 2.75) is 59.5 Å². The lowest BCUT2D eigenvalue weighted by molar-refractivity contribution is -0.140. The lowest BCUT2D eigenvalue weighted by Crippen LogP contribution is -2.47. The molecule has 9 heteroatoms. The number of nitrogens with one attached hydrogen (secondary N) is 1. The highest BCUT2D eigenvalue weighted by atomic mass is 32.2. The Morgan fingerprint density at radius 1 is 1.08 bits per heavy atom. The fourth-order valence-corrected chi connectivity index (χ4v) is 4.99. The van der Waals surface area contributed by atoms with Gasteiger partial charge in [0.15, 0.2) is 0 Å². The smallest absolute Gasteiger partial charge is 0.242 e. The molecule has 0 bridgehead atoms. The molecule has 2 aromatic carbocycles. The van der Waals surface area contributed by atoms with Crippen molar-refractivity contribution in [2.24, 2.45) is 0 Å². The molecule has 1 N–H and O–H groups in total. The minimum atomic E-state index is -3.54. The summed E-state index contributed by atoms with van der Waals surface area (Å²) in [6.07, 6.45) is 2.38.